The molecule has 0 amide bonds. The predicted molar refractivity (Wildman–Crippen MR) is 73.4 cm³/mol. The van der Waals surface area contributed by atoms with Gasteiger partial charge in [0.15, 0.2) is 5.43 Å². The van der Waals surface area contributed by atoms with Crippen molar-refractivity contribution in [3.8, 4) is 5.95 Å². The number of H-pyrrole nitrogens is 1. The van der Waals surface area contributed by atoms with E-state index in [0.717, 1.165) is 11.0 Å². The van der Waals surface area contributed by atoms with Crippen molar-refractivity contribution < 1.29 is 9.90 Å². The number of hydrogen-bond donors (Lipinski definition) is 2. The van der Waals surface area contributed by atoms with Crippen LogP contribution in [0.3, 0.4) is 0 Å². The fraction of sp³-hybridized carbons (Fsp3) is 0.0714. The van der Waals surface area contributed by atoms with Crippen molar-refractivity contribution in [3.63, 3.8) is 0 Å². The summed E-state index contributed by atoms with van der Waals surface area (Å²) in [5.74, 6) is -0.799. The second kappa shape index (κ2) is 4.34. The molecule has 0 aliphatic rings. The van der Waals surface area contributed by atoms with Gasteiger partial charge in [-0.3, -0.25) is 9.36 Å². The maximum Gasteiger partial charge on any atom is 0.353 e. The Labute approximate surface area is 113 Å². The highest BCUT2D eigenvalue weighted by atomic mass is 16.4. The van der Waals surface area contributed by atoms with Gasteiger partial charge in [-0.25, -0.2) is 9.78 Å². The second-order valence-electron chi connectivity index (χ2n) is 4.41. The number of fused-ring (bicyclic) bond motifs is 1. The van der Waals surface area contributed by atoms with Crippen molar-refractivity contribution >= 4 is 17.0 Å². The van der Waals surface area contributed by atoms with E-state index in [1.807, 2.05) is 24.3 Å². The van der Waals surface area contributed by atoms with Crippen LogP contribution in [0.1, 0.15) is 16.1 Å². The standard InChI is InChI=1S/C14H11N3O3/c1-8-11(18)6-7-17(12(8)13(19)20)14-15-9-4-2-3-5-10(9)16-14/h2-7H,1H3,(H,15,16)(H,19,20). The van der Waals surface area contributed by atoms with Crippen molar-refractivity contribution in [2.45, 2.75) is 6.92 Å². The van der Waals surface area contributed by atoms with Crippen molar-refractivity contribution in [1.82, 2.24) is 14.5 Å². The van der Waals surface area contributed by atoms with Gasteiger partial charge < -0.3 is 10.1 Å². The molecule has 0 aliphatic carbocycles. The lowest BCUT2D eigenvalue weighted by molar-refractivity contribution is 0.0686. The first-order valence-corrected chi connectivity index (χ1v) is 5.98. The number of carboxylic acid groups (broad SMARTS) is 1. The Morgan fingerprint density at radius 3 is 2.75 bits per heavy atom. The number of imidazole rings is 1. The molecule has 6 nitrogen and oxygen atoms in total. The molecule has 0 saturated carbocycles. The van der Waals surface area contributed by atoms with Crippen LogP contribution in [-0.2, 0) is 0 Å². The maximum absolute atomic E-state index is 11.6. The fourth-order valence-corrected chi connectivity index (χ4v) is 2.13. The number of nitrogens with zero attached hydrogens (tertiary/aromatic N) is 2. The second-order valence-corrected chi connectivity index (χ2v) is 4.41. The molecule has 0 saturated heterocycles. The number of carboxylic acids is 1. The zero-order chi connectivity index (χ0) is 14.3. The molecule has 100 valence electrons. The summed E-state index contributed by atoms with van der Waals surface area (Å²) in [6.45, 7) is 1.49. The Balaban J connectivity index is 2.31. The molecule has 3 rings (SSSR count). The summed E-state index contributed by atoms with van der Waals surface area (Å²) in [5.41, 5.74) is 1.32. The molecule has 6 heteroatoms. The van der Waals surface area contributed by atoms with Gasteiger partial charge in [0.05, 0.1) is 11.0 Å². The minimum atomic E-state index is -1.17. The highest BCUT2D eigenvalue weighted by molar-refractivity contribution is 5.88. The van der Waals surface area contributed by atoms with E-state index in [0.29, 0.717) is 5.95 Å². The van der Waals surface area contributed by atoms with Gasteiger partial charge in [-0.15, -0.1) is 0 Å². The zero-order valence-corrected chi connectivity index (χ0v) is 10.6. The molecule has 0 spiro atoms. The van der Waals surface area contributed by atoms with Crippen molar-refractivity contribution in [2.75, 3.05) is 0 Å². The highest BCUT2D eigenvalue weighted by Gasteiger charge is 2.17. The lowest BCUT2D eigenvalue weighted by Crippen LogP contribution is -2.19. The average molecular weight is 269 g/mol. The van der Waals surface area contributed by atoms with E-state index in [1.165, 1.54) is 23.8 Å². The highest BCUT2D eigenvalue weighted by Crippen LogP contribution is 2.15. The summed E-state index contributed by atoms with van der Waals surface area (Å²) in [6.07, 6.45) is 1.41. The largest absolute Gasteiger partial charge is 0.477 e. The first kappa shape index (κ1) is 12.2. The van der Waals surface area contributed by atoms with Gasteiger partial charge in [0, 0.05) is 17.8 Å². The van der Waals surface area contributed by atoms with Crippen LogP contribution in [0, 0.1) is 6.92 Å². The molecule has 2 N–H and O–H groups in total. The predicted octanol–water partition coefficient (Wildman–Crippen LogP) is 1.72. The first-order chi connectivity index (χ1) is 9.58. The lowest BCUT2D eigenvalue weighted by atomic mass is 10.2. The first-order valence-electron chi connectivity index (χ1n) is 5.98. The lowest BCUT2D eigenvalue weighted by Gasteiger charge is -2.09. The number of rotatable bonds is 2. The molecule has 2 heterocycles. The normalized spacial score (nSPS) is 10.8. The average Bonchev–Trinajstić information content (AvgIpc) is 2.84. The fourth-order valence-electron chi connectivity index (χ4n) is 2.13. The Bertz CT molecular complexity index is 844. The van der Waals surface area contributed by atoms with Gasteiger partial charge in [-0.05, 0) is 19.1 Å². The third-order valence-corrected chi connectivity index (χ3v) is 3.15. The molecule has 0 radical (unpaired) electrons. The van der Waals surface area contributed by atoms with Gasteiger partial charge in [0.1, 0.15) is 5.69 Å². The molecule has 0 bridgehead atoms. The van der Waals surface area contributed by atoms with Gasteiger partial charge >= 0.3 is 5.97 Å². The Hall–Kier alpha value is -2.89. The molecule has 0 unspecified atom stereocenters. The van der Waals surface area contributed by atoms with Gasteiger partial charge in [0.2, 0.25) is 5.95 Å². The van der Waals surface area contributed by atoms with E-state index >= 15 is 0 Å². The molecule has 0 aliphatic heterocycles. The van der Waals surface area contributed by atoms with E-state index in [2.05, 4.69) is 9.97 Å². The summed E-state index contributed by atoms with van der Waals surface area (Å²) in [7, 11) is 0. The van der Waals surface area contributed by atoms with Gasteiger partial charge in [0.25, 0.3) is 0 Å². The molecule has 0 fully saturated rings. The van der Waals surface area contributed by atoms with Crippen LogP contribution in [0.4, 0.5) is 0 Å². The number of aromatic carboxylic acids is 1. The minimum Gasteiger partial charge on any atom is -0.477 e. The van der Waals surface area contributed by atoms with Crippen molar-refractivity contribution in [2.24, 2.45) is 0 Å². The van der Waals surface area contributed by atoms with Crippen LogP contribution in [-0.4, -0.2) is 25.6 Å². The van der Waals surface area contributed by atoms with Crippen LogP contribution >= 0.6 is 0 Å². The Morgan fingerprint density at radius 2 is 2.05 bits per heavy atom. The monoisotopic (exact) mass is 269 g/mol. The zero-order valence-electron chi connectivity index (χ0n) is 10.6. The number of para-hydroxylation sites is 2. The minimum absolute atomic E-state index is 0.0865. The number of carbonyl (C=O) groups is 1. The summed E-state index contributed by atoms with van der Waals surface area (Å²) >= 11 is 0. The molecule has 2 aromatic heterocycles. The van der Waals surface area contributed by atoms with Crippen LogP contribution in [0.25, 0.3) is 17.0 Å². The maximum atomic E-state index is 11.6. The topological polar surface area (TPSA) is 88.0 Å². The van der Waals surface area contributed by atoms with E-state index in [9.17, 15) is 14.7 Å². The van der Waals surface area contributed by atoms with Crippen LogP contribution in [0.5, 0.6) is 0 Å². The number of nitrogens with one attached hydrogen (secondary N) is 1. The molecular formula is C14H11N3O3. The summed E-state index contributed by atoms with van der Waals surface area (Å²) in [6, 6.07) is 8.71. The number of pyridine rings is 1. The third-order valence-electron chi connectivity index (χ3n) is 3.15. The molecule has 3 aromatic rings. The Morgan fingerprint density at radius 1 is 1.30 bits per heavy atom. The molecule has 1 aromatic carbocycles. The summed E-state index contributed by atoms with van der Waals surface area (Å²) < 4.78 is 1.37. The van der Waals surface area contributed by atoms with Crippen LogP contribution < -0.4 is 5.43 Å². The molecule has 0 atom stereocenters. The smallest absolute Gasteiger partial charge is 0.353 e. The van der Waals surface area contributed by atoms with Crippen LogP contribution in [0.15, 0.2) is 41.3 Å². The third kappa shape index (κ3) is 1.78. The quantitative estimate of drug-likeness (QED) is 0.741. The summed E-state index contributed by atoms with van der Waals surface area (Å²) in [4.78, 5) is 30.4. The van der Waals surface area contributed by atoms with E-state index < -0.39 is 5.97 Å². The van der Waals surface area contributed by atoms with E-state index in [4.69, 9.17) is 0 Å². The number of hydrogen-bond acceptors (Lipinski definition) is 3. The molecular weight excluding hydrogens is 258 g/mol. The van der Waals surface area contributed by atoms with Crippen molar-refractivity contribution in [1.29, 1.82) is 0 Å². The van der Waals surface area contributed by atoms with Gasteiger partial charge in [-0.1, -0.05) is 12.1 Å². The Kier molecular flexibility index (Phi) is 2.64. The van der Waals surface area contributed by atoms with E-state index in [1.54, 1.807) is 0 Å². The SMILES string of the molecule is Cc1c(C(=O)O)n(-c2nc3ccccc3[nH]2)ccc1=O. The van der Waals surface area contributed by atoms with Crippen LogP contribution in [0.2, 0.25) is 0 Å². The summed E-state index contributed by atoms with van der Waals surface area (Å²) in [5, 5.41) is 9.31. The van der Waals surface area contributed by atoms with Crippen molar-refractivity contribution in [3.05, 3.63) is 58.0 Å². The number of benzene rings is 1. The van der Waals surface area contributed by atoms with E-state index in [-0.39, 0.29) is 16.7 Å². The number of aromatic nitrogens is 3. The molecule has 20 heavy (non-hydrogen) atoms. The number of aromatic amines is 1. The van der Waals surface area contributed by atoms with Gasteiger partial charge in [-0.2, -0.15) is 0 Å².